The zero-order valence-corrected chi connectivity index (χ0v) is 11.3. The van der Waals surface area contributed by atoms with Gasteiger partial charge in [-0.25, -0.2) is 4.98 Å². The van der Waals surface area contributed by atoms with Crippen molar-refractivity contribution >= 4 is 17.2 Å². The lowest BCUT2D eigenvalue weighted by atomic mass is 10.2. The Labute approximate surface area is 105 Å². The summed E-state index contributed by atoms with van der Waals surface area (Å²) in [5, 5.41) is 14.6. The van der Waals surface area contributed by atoms with Crippen LogP contribution in [0.5, 0.6) is 0 Å². The first-order valence-corrected chi connectivity index (χ1v) is 6.41. The number of aliphatic hydroxyl groups is 1. The average molecular weight is 257 g/mol. The van der Waals surface area contributed by atoms with Gasteiger partial charge in [-0.2, -0.15) is 0 Å². The van der Waals surface area contributed by atoms with Crippen molar-refractivity contribution < 1.29 is 9.90 Å². The van der Waals surface area contributed by atoms with Crippen LogP contribution >= 0.6 is 11.3 Å². The SMILES string of the molecule is Cc1nc([C@@H](C)NC(=O)CN(C)CCO)cs1. The Morgan fingerprint density at radius 1 is 1.71 bits per heavy atom. The fraction of sp³-hybridized carbons (Fsp3) is 0.636. The van der Waals surface area contributed by atoms with Gasteiger partial charge in [-0.05, 0) is 20.9 Å². The molecule has 1 aromatic rings. The average Bonchev–Trinajstić information content (AvgIpc) is 2.64. The first-order valence-electron chi connectivity index (χ1n) is 5.53. The van der Waals surface area contributed by atoms with Gasteiger partial charge in [0.1, 0.15) is 0 Å². The van der Waals surface area contributed by atoms with E-state index in [0.29, 0.717) is 6.54 Å². The Bertz CT molecular complexity index is 367. The van der Waals surface area contributed by atoms with Gasteiger partial charge in [0.2, 0.25) is 5.91 Å². The summed E-state index contributed by atoms with van der Waals surface area (Å²) in [5.74, 6) is -0.0564. The van der Waals surface area contributed by atoms with Crippen molar-refractivity contribution in [2.75, 3.05) is 26.7 Å². The highest BCUT2D eigenvalue weighted by Gasteiger charge is 2.13. The van der Waals surface area contributed by atoms with Crippen molar-refractivity contribution in [3.63, 3.8) is 0 Å². The van der Waals surface area contributed by atoms with E-state index in [-0.39, 0.29) is 25.1 Å². The van der Waals surface area contributed by atoms with Crippen LogP contribution in [0.4, 0.5) is 0 Å². The van der Waals surface area contributed by atoms with Crippen LogP contribution in [0.15, 0.2) is 5.38 Å². The van der Waals surface area contributed by atoms with Crippen LogP contribution < -0.4 is 5.32 Å². The highest BCUT2D eigenvalue weighted by atomic mass is 32.1. The number of carbonyl (C=O) groups excluding carboxylic acids is 1. The quantitative estimate of drug-likeness (QED) is 0.781. The minimum Gasteiger partial charge on any atom is -0.395 e. The third-order valence-corrected chi connectivity index (χ3v) is 3.14. The topological polar surface area (TPSA) is 65.5 Å². The molecule has 0 bridgehead atoms. The summed E-state index contributed by atoms with van der Waals surface area (Å²) in [6.45, 7) is 4.70. The Hall–Kier alpha value is -0.980. The van der Waals surface area contributed by atoms with Gasteiger partial charge in [-0.1, -0.05) is 0 Å². The van der Waals surface area contributed by atoms with Gasteiger partial charge in [0.25, 0.3) is 0 Å². The van der Waals surface area contributed by atoms with E-state index in [1.807, 2.05) is 19.2 Å². The molecular weight excluding hydrogens is 238 g/mol. The molecule has 5 nitrogen and oxygen atoms in total. The van der Waals surface area contributed by atoms with Gasteiger partial charge in [0.15, 0.2) is 0 Å². The fourth-order valence-corrected chi connectivity index (χ4v) is 2.14. The molecule has 1 amide bonds. The van der Waals surface area contributed by atoms with E-state index in [9.17, 15) is 4.79 Å². The van der Waals surface area contributed by atoms with E-state index in [1.54, 1.807) is 23.3 Å². The number of hydrogen-bond acceptors (Lipinski definition) is 5. The summed E-state index contributed by atoms with van der Waals surface area (Å²) in [5.41, 5.74) is 0.894. The van der Waals surface area contributed by atoms with Crippen LogP contribution in [0, 0.1) is 6.92 Å². The molecule has 0 aliphatic rings. The molecule has 2 N–H and O–H groups in total. The van der Waals surface area contributed by atoms with Gasteiger partial charge < -0.3 is 10.4 Å². The Kier molecular flexibility index (Phi) is 5.54. The molecule has 0 fully saturated rings. The summed E-state index contributed by atoms with van der Waals surface area (Å²) in [7, 11) is 1.80. The first-order chi connectivity index (χ1) is 8.02. The number of hydrogen-bond donors (Lipinski definition) is 2. The molecule has 0 saturated heterocycles. The number of amides is 1. The summed E-state index contributed by atoms with van der Waals surface area (Å²) >= 11 is 1.58. The molecule has 0 saturated carbocycles. The number of likely N-dealkylation sites (N-methyl/N-ethyl adjacent to an activating group) is 1. The minimum atomic E-state index is -0.0741. The molecular formula is C11H19N3O2S. The summed E-state index contributed by atoms with van der Waals surface area (Å²) < 4.78 is 0. The van der Waals surface area contributed by atoms with Crippen molar-refractivity contribution in [1.29, 1.82) is 0 Å². The summed E-state index contributed by atoms with van der Waals surface area (Å²) in [6.07, 6.45) is 0. The van der Waals surface area contributed by atoms with Crippen LogP contribution in [0.3, 0.4) is 0 Å². The third kappa shape index (κ3) is 4.80. The van der Waals surface area contributed by atoms with E-state index in [1.165, 1.54) is 0 Å². The van der Waals surface area contributed by atoms with Crippen molar-refractivity contribution in [2.45, 2.75) is 19.9 Å². The zero-order valence-electron chi connectivity index (χ0n) is 10.4. The van der Waals surface area contributed by atoms with Crippen LogP contribution in [0.1, 0.15) is 23.7 Å². The number of aliphatic hydroxyl groups excluding tert-OH is 1. The number of carbonyl (C=O) groups is 1. The Balaban J connectivity index is 2.40. The van der Waals surface area contributed by atoms with Gasteiger partial charge in [-0.3, -0.25) is 9.69 Å². The van der Waals surface area contributed by atoms with Gasteiger partial charge in [0.05, 0.1) is 29.9 Å². The first kappa shape index (κ1) is 14.1. The minimum absolute atomic E-state index is 0.0564. The number of aryl methyl sites for hydroxylation is 1. The molecule has 0 radical (unpaired) electrons. The van der Waals surface area contributed by atoms with E-state index in [0.717, 1.165) is 10.7 Å². The molecule has 0 aliphatic carbocycles. The number of rotatable bonds is 6. The molecule has 0 aromatic carbocycles. The molecule has 96 valence electrons. The molecule has 1 heterocycles. The largest absolute Gasteiger partial charge is 0.395 e. The molecule has 17 heavy (non-hydrogen) atoms. The molecule has 0 unspecified atom stereocenters. The van der Waals surface area contributed by atoms with Crippen LogP contribution in [0.25, 0.3) is 0 Å². The molecule has 1 aromatic heterocycles. The Morgan fingerprint density at radius 3 is 2.94 bits per heavy atom. The van der Waals surface area contributed by atoms with Crippen LogP contribution in [0.2, 0.25) is 0 Å². The van der Waals surface area contributed by atoms with Crippen molar-refractivity contribution in [3.8, 4) is 0 Å². The molecule has 6 heteroatoms. The predicted molar refractivity (Wildman–Crippen MR) is 68.0 cm³/mol. The Morgan fingerprint density at radius 2 is 2.41 bits per heavy atom. The lowest BCUT2D eigenvalue weighted by Gasteiger charge is -2.17. The van der Waals surface area contributed by atoms with Gasteiger partial charge in [0, 0.05) is 11.9 Å². The smallest absolute Gasteiger partial charge is 0.234 e. The number of nitrogens with zero attached hydrogens (tertiary/aromatic N) is 2. The number of aromatic nitrogens is 1. The second-order valence-corrected chi connectivity index (χ2v) is 5.10. The maximum Gasteiger partial charge on any atom is 0.234 e. The van der Waals surface area contributed by atoms with E-state index in [4.69, 9.17) is 5.11 Å². The molecule has 0 spiro atoms. The molecule has 1 rings (SSSR count). The number of thiazole rings is 1. The maximum absolute atomic E-state index is 11.7. The summed E-state index contributed by atoms with van der Waals surface area (Å²) in [4.78, 5) is 17.8. The molecule has 1 atom stereocenters. The monoisotopic (exact) mass is 257 g/mol. The van der Waals surface area contributed by atoms with Crippen molar-refractivity contribution in [3.05, 3.63) is 16.1 Å². The summed E-state index contributed by atoms with van der Waals surface area (Å²) in [6, 6.07) is -0.0741. The highest BCUT2D eigenvalue weighted by molar-refractivity contribution is 7.09. The standard InChI is InChI=1S/C11H19N3O2S/c1-8(10-7-17-9(2)13-10)12-11(16)6-14(3)4-5-15/h7-8,15H,4-6H2,1-3H3,(H,12,16)/t8-/m1/s1. The van der Waals surface area contributed by atoms with E-state index in [2.05, 4.69) is 10.3 Å². The second-order valence-electron chi connectivity index (χ2n) is 4.04. The highest BCUT2D eigenvalue weighted by Crippen LogP contribution is 2.15. The number of nitrogens with one attached hydrogen (secondary N) is 1. The van der Waals surface area contributed by atoms with E-state index >= 15 is 0 Å². The van der Waals surface area contributed by atoms with Crippen LogP contribution in [-0.2, 0) is 4.79 Å². The van der Waals surface area contributed by atoms with E-state index < -0.39 is 0 Å². The normalized spacial score (nSPS) is 12.8. The van der Waals surface area contributed by atoms with Crippen molar-refractivity contribution in [2.24, 2.45) is 0 Å². The van der Waals surface area contributed by atoms with Gasteiger partial charge in [-0.15, -0.1) is 11.3 Å². The fourth-order valence-electron chi connectivity index (χ4n) is 1.44. The zero-order chi connectivity index (χ0) is 12.8. The van der Waals surface area contributed by atoms with Crippen molar-refractivity contribution in [1.82, 2.24) is 15.2 Å². The lowest BCUT2D eigenvalue weighted by molar-refractivity contribution is -0.122. The molecule has 0 aliphatic heterocycles. The third-order valence-electron chi connectivity index (χ3n) is 2.35. The maximum atomic E-state index is 11.7. The van der Waals surface area contributed by atoms with Gasteiger partial charge >= 0.3 is 0 Å². The lowest BCUT2D eigenvalue weighted by Crippen LogP contribution is -2.37. The predicted octanol–water partition coefficient (Wildman–Crippen LogP) is 0.553. The van der Waals surface area contributed by atoms with Crippen LogP contribution in [-0.4, -0.2) is 47.6 Å². The second kappa shape index (κ2) is 6.68.